The number of nitrogens with zero attached hydrogens (tertiary/aromatic N) is 7. The second-order valence-corrected chi connectivity index (χ2v) is 16.2. The van der Waals surface area contributed by atoms with Gasteiger partial charge in [-0.2, -0.15) is 9.49 Å². The van der Waals surface area contributed by atoms with E-state index in [-0.39, 0.29) is 36.5 Å². The highest BCUT2D eigenvalue weighted by Crippen LogP contribution is 2.34. The summed E-state index contributed by atoms with van der Waals surface area (Å²) in [4.78, 5) is 61.3. The maximum atomic E-state index is 14.1. The van der Waals surface area contributed by atoms with Crippen LogP contribution in [0.3, 0.4) is 0 Å². The minimum atomic E-state index is -1.79. The molecule has 2 saturated heterocycles. The molecule has 6 aromatic rings. The van der Waals surface area contributed by atoms with E-state index in [2.05, 4.69) is 25.5 Å². The molecule has 1 saturated carbocycles. The maximum absolute atomic E-state index is 14.1. The number of phenolic OH excluding ortho intramolecular Hbond substituents is 1. The van der Waals surface area contributed by atoms with E-state index in [0.29, 0.717) is 29.9 Å². The van der Waals surface area contributed by atoms with Gasteiger partial charge >= 0.3 is 5.69 Å². The van der Waals surface area contributed by atoms with Crippen LogP contribution in [0.25, 0.3) is 33.1 Å². The zero-order valence-corrected chi connectivity index (χ0v) is 32.7. The first-order valence-electron chi connectivity index (χ1n) is 20.2. The fourth-order valence-electron chi connectivity index (χ4n) is 8.81. The zero-order chi connectivity index (χ0) is 41.8. The molecular weight excluding hydrogens is 780 g/mol. The van der Waals surface area contributed by atoms with E-state index in [1.807, 2.05) is 59.7 Å². The summed E-state index contributed by atoms with van der Waals surface area (Å²) < 4.78 is 46.6. The molecule has 5 heterocycles. The fraction of sp³-hybridized carbons (Fsp3) is 0.372. The Bertz CT molecular complexity index is 2730. The highest BCUT2D eigenvalue weighted by atomic mass is 19.2. The van der Waals surface area contributed by atoms with Gasteiger partial charge in [0.25, 0.3) is 5.91 Å². The number of hydrogen-bond donors (Lipinski definition) is 3. The van der Waals surface area contributed by atoms with Crippen LogP contribution in [0, 0.1) is 29.3 Å². The molecule has 3 aromatic carbocycles. The van der Waals surface area contributed by atoms with Crippen LogP contribution in [0.2, 0.25) is 0 Å². The number of hydrogen-bond acceptors (Lipinski definition) is 9. The summed E-state index contributed by atoms with van der Waals surface area (Å²) in [6.45, 7) is 1.91. The molecular formula is C43H42F3N9O5. The van der Waals surface area contributed by atoms with Gasteiger partial charge < -0.3 is 15.3 Å². The van der Waals surface area contributed by atoms with Gasteiger partial charge in [0.05, 0.1) is 28.2 Å². The molecule has 0 bridgehead atoms. The van der Waals surface area contributed by atoms with Gasteiger partial charge in [-0.1, -0.05) is 18.2 Å². The third-order valence-corrected chi connectivity index (χ3v) is 12.4. The highest BCUT2D eigenvalue weighted by molar-refractivity contribution is 6.00. The van der Waals surface area contributed by atoms with Crippen molar-refractivity contribution in [2.75, 3.05) is 24.5 Å². The van der Waals surface area contributed by atoms with Crippen molar-refractivity contribution < 1.29 is 32.7 Å². The molecule has 1 atom stereocenters. The van der Waals surface area contributed by atoms with Gasteiger partial charge in [-0.05, 0) is 92.2 Å². The predicted molar refractivity (Wildman–Crippen MR) is 215 cm³/mol. The minimum Gasteiger partial charge on any atom is -0.503 e. The van der Waals surface area contributed by atoms with E-state index in [9.17, 15) is 37.5 Å². The number of benzene rings is 3. The Morgan fingerprint density at radius 3 is 2.42 bits per heavy atom. The van der Waals surface area contributed by atoms with Crippen LogP contribution < -0.4 is 21.2 Å². The molecule has 0 spiro atoms. The number of carbonyl (C=O) groups is 3. The standard InChI is InChI=1S/C43H42F3N9O5/c1-52-35-14-23(6-11-33(35)55(43(52)60)34-12-13-36(56)50-41(34)59)2-3-25-20-53(21-25)42-48-18-28(19-49-42)26-7-8-27-22-54(51-32(27)15-26)29-9-4-24(5-10-29)17-47-40(58)30-16-31(44)39(57)38(46)37(30)45/h6-8,11,14-16,18-19,22,24-25,29,34,57H,2-5,9-10,12-13,17,20-21H2,1H3,(H,47,58)(H,50,56,59)/t24?,29?,34-/m1/s1. The third kappa shape index (κ3) is 7.25. The molecule has 3 fully saturated rings. The number of anilines is 1. The fourth-order valence-corrected chi connectivity index (χ4v) is 8.81. The number of halogens is 3. The number of aromatic nitrogens is 6. The van der Waals surface area contributed by atoms with Crippen LogP contribution in [-0.2, 0) is 23.1 Å². The Morgan fingerprint density at radius 2 is 1.67 bits per heavy atom. The summed E-state index contributed by atoms with van der Waals surface area (Å²) in [6, 6.07) is 11.9. The van der Waals surface area contributed by atoms with Gasteiger partial charge in [-0.25, -0.2) is 23.5 Å². The molecule has 0 unspecified atom stereocenters. The SMILES string of the molecule is Cn1c(=O)n([C@@H]2CCC(=O)NC2=O)c2ccc(CCC3CN(c4ncc(-c5ccc6cn(C7CCC(CNC(=O)c8cc(F)c(O)c(F)c8F)CC7)nc6c5)cn4)C3)cc21. The van der Waals surface area contributed by atoms with Crippen LogP contribution in [0.4, 0.5) is 19.1 Å². The lowest BCUT2D eigenvalue weighted by Crippen LogP contribution is -2.47. The largest absolute Gasteiger partial charge is 0.503 e. The van der Waals surface area contributed by atoms with Gasteiger partial charge in [0, 0.05) is 62.6 Å². The zero-order valence-electron chi connectivity index (χ0n) is 32.7. The average molecular weight is 822 g/mol. The Morgan fingerprint density at radius 1 is 0.900 bits per heavy atom. The topological polar surface area (TPSA) is 169 Å². The molecule has 1 aliphatic carbocycles. The first-order valence-corrected chi connectivity index (χ1v) is 20.2. The van der Waals surface area contributed by atoms with E-state index >= 15 is 0 Å². The minimum absolute atomic E-state index is 0.108. The van der Waals surface area contributed by atoms with Crippen molar-refractivity contribution in [1.82, 2.24) is 39.5 Å². The van der Waals surface area contributed by atoms with Crippen molar-refractivity contribution >= 4 is 45.6 Å². The van der Waals surface area contributed by atoms with Gasteiger partial charge in [0.1, 0.15) is 6.04 Å². The Hall–Kier alpha value is -6.52. The lowest BCUT2D eigenvalue weighted by Gasteiger charge is -2.39. The molecule has 17 heteroatoms. The van der Waals surface area contributed by atoms with Crippen LogP contribution in [0.5, 0.6) is 5.75 Å². The number of nitrogens with one attached hydrogen (secondary N) is 2. The lowest BCUT2D eigenvalue weighted by atomic mass is 9.86. The number of amides is 3. The van der Waals surface area contributed by atoms with Crippen molar-refractivity contribution in [2.45, 2.75) is 63.5 Å². The summed E-state index contributed by atoms with van der Waals surface area (Å²) in [7, 11) is 1.70. The van der Waals surface area contributed by atoms with E-state index in [4.69, 9.17) is 5.10 Å². The molecule has 14 nitrogen and oxygen atoms in total. The number of imidazole rings is 1. The number of phenols is 1. The number of rotatable bonds is 10. The third-order valence-electron chi connectivity index (χ3n) is 12.4. The number of imide groups is 1. The Labute approximate surface area is 341 Å². The van der Waals surface area contributed by atoms with E-state index in [1.54, 1.807) is 11.6 Å². The van der Waals surface area contributed by atoms with Crippen molar-refractivity contribution in [1.29, 1.82) is 0 Å². The molecule has 3 amide bonds. The highest BCUT2D eigenvalue weighted by Gasteiger charge is 2.32. The molecule has 9 rings (SSSR count). The molecule has 3 N–H and O–H groups in total. The molecule has 3 aromatic heterocycles. The summed E-state index contributed by atoms with van der Waals surface area (Å²) in [5.41, 5.74) is 4.16. The van der Waals surface area contributed by atoms with Gasteiger partial charge in [0.15, 0.2) is 17.4 Å². The van der Waals surface area contributed by atoms with Crippen LogP contribution in [-0.4, -0.2) is 71.3 Å². The Kier molecular flexibility index (Phi) is 10.1. The van der Waals surface area contributed by atoms with Crippen molar-refractivity contribution in [2.24, 2.45) is 18.9 Å². The maximum Gasteiger partial charge on any atom is 0.329 e. The number of piperidine rings is 1. The first-order chi connectivity index (χ1) is 28.9. The molecule has 60 heavy (non-hydrogen) atoms. The quantitative estimate of drug-likeness (QED) is 0.120. The molecule has 2 aliphatic heterocycles. The van der Waals surface area contributed by atoms with Gasteiger partial charge in [0.2, 0.25) is 23.6 Å². The molecule has 3 aliphatic rings. The normalized spacial score (nSPS) is 19.8. The second-order valence-electron chi connectivity index (χ2n) is 16.2. The van der Waals surface area contributed by atoms with E-state index in [1.165, 1.54) is 4.57 Å². The smallest absolute Gasteiger partial charge is 0.329 e. The van der Waals surface area contributed by atoms with Gasteiger partial charge in [-0.3, -0.25) is 33.5 Å². The second kappa shape index (κ2) is 15.6. The lowest BCUT2D eigenvalue weighted by molar-refractivity contribution is -0.135. The predicted octanol–water partition coefficient (Wildman–Crippen LogP) is 5.48. The summed E-state index contributed by atoms with van der Waals surface area (Å²) in [5, 5.41) is 20.0. The first kappa shape index (κ1) is 39.0. The molecule has 310 valence electrons. The van der Waals surface area contributed by atoms with Crippen molar-refractivity contribution in [3.63, 3.8) is 0 Å². The number of fused-ring (bicyclic) bond motifs is 2. The Balaban J connectivity index is 0.759. The summed E-state index contributed by atoms with van der Waals surface area (Å²) in [5.74, 6) is -6.67. The van der Waals surface area contributed by atoms with E-state index in [0.717, 1.165) is 84.7 Å². The number of carbonyl (C=O) groups excluding carboxylic acids is 3. The monoisotopic (exact) mass is 821 g/mol. The average Bonchev–Trinajstić information content (AvgIpc) is 3.77. The van der Waals surface area contributed by atoms with Crippen LogP contribution >= 0.6 is 0 Å². The van der Waals surface area contributed by atoms with Crippen LogP contribution in [0.15, 0.2) is 65.8 Å². The number of aryl methyl sites for hydroxylation is 2. The summed E-state index contributed by atoms with van der Waals surface area (Å²) >= 11 is 0. The van der Waals surface area contributed by atoms with Crippen LogP contribution in [0.1, 0.15) is 73.0 Å². The molecule has 0 radical (unpaired) electrons. The summed E-state index contributed by atoms with van der Waals surface area (Å²) in [6.07, 6.45) is 11.2. The van der Waals surface area contributed by atoms with E-state index < -0.39 is 46.6 Å². The van der Waals surface area contributed by atoms with Gasteiger partial charge in [-0.15, -0.1) is 0 Å². The van der Waals surface area contributed by atoms with Crippen molar-refractivity contribution in [3.05, 3.63) is 100 Å². The number of aromatic hydroxyl groups is 1. The van der Waals surface area contributed by atoms with Crippen molar-refractivity contribution in [3.8, 4) is 16.9 Å².